The summed E-state index contributed by atoms with van der Waals surface area (Å²) in [7, 11) is 0. The summed E-state index contributed by atoms with van der Waals surface area (Å²) >= 11 is 0. The molecule has 0 heterocycles. The topological polar surface area (TPSA) is 72.6 Å². The van der Waals surface area contributed by atoms with E-state index in [0.29, 0.717) is 5.75 Å². The maximum absolute atomic E-state index is 12.9. The second-order valence-corrected chi connectivity index (χ2v) is 2.58. The quantitative estimate of drug-likeness (QED) is 0.732. The van der Waals surface area contributed by atoms with Gasteiger partial charge in [0, 0.05) is 0 Å². The molecule has 0 aliphatic rings. The van der Waals surface area contributed by atoms with Crippen molar-refractivity contribution in [2.75, 3.05) is 13.2 Å². The van der Waals surface area contributed by atoms with Crippen LogP contribution >= 0.6 is 0 Å². The van der Waals surface area contributed by atoms with Crippen LogP contribution in [0.2, 0.25) is 0 Å². The van der Waals surface area contributed by atoms with Gasteiger partial charge in [0.2, 0.25) is 0 Å². The van der Waals surface area contributed by atoms with Gasteiger partial charge in [-0.1, -0.05) is 0 Å². The van der Waals surface area contributed by atoms with E-state index in [4.69, 9.17) is 15.6 Å². The van der Waals surface area contributed by atoms with Crippen molar-refractivity contribution < 1.29 is 19.0 Å². The van der Waals surface area contributed by atoms with Gasteiger partial charge in [0.05, 0.1) is 12.2 Å². The first kappa shape index (κ1) is 10.5. The Bertz CT molecular complexity index is 341. The Hall–Kier alpha value is -1.62. The van der Waals surface area contributed by atoms with Gasteiger partial charge in [-0.05, 0) is 18.2 Å². The van der Waals surface area contributed by atoms with E-state index in [-0.39, 0.29) is 18.8 Å². The molecule has 0 spiro atoms. The van der Waals surface area contributed by atoms with Crippen LogP contribution in [0.15, 0.2) is 18.2 Å². The van der Waals surface area contributed by atoms with Crippen molar-refractivity contribution in [3.05, 3.63) is 29.6 Å². The average Bonchev–Trinajstić information content (AvgIpc) is 2.16. The lowest BCUT2D eigenvalue weighted by Gasteiger charge is -2.05. The molecule has 0 radical (unpaired) electrons. The van der Waals surface area contributed by atoms with E-state index in [0.717, 1.165) is 6.07 Å². The van der Waals surface area contributed by atoms with E-state index < -0.39 is 11.7 Å². The van der Waals surface area contributed by atoms with Crippen molar-refractivity contribution in [3.63, 3.8) is 0 Å². The highest BCUT2D eigenvalue weighted by molar-refractivity contribution is 5.93. The smallest absolute Gasteiger partial charge is 0.251 e. The summed E-state index contributed by atoms with van der Waals surface area (Å²) in [6.45, 7) is -0.0624. The molecule has 1 aromatic carbocycles. The third-order valence-electron chi connectivity index (χ3n) is 1.56. The number of rotatable bonds is 4. The predicted molar refractivity (Wildman–Crippen MR) is 47.5 cm³/mol. The number of carbonyl (C=O) groups excluding carboxylic acids is 1. The molecule has 0 atom stereocenters. The molecule has 0 bridgehead atoms. The highest BCUT2D eigenvalue weighted by Crippen LogP contribution is 2.16. The molecule has 0 saturated carbocycles. The van der Waals surface area contributed by atoms with Crippen LogP contribution in [0.3, 0.4) is 0 Å². The Morgan fingerprint density at radius 1 is 1.57 bits per heavy atom. The summed E-state index contributed by atoms with van der Waals surface area (Å²) in [6, 6.07) is 3.65. The minimum Gasteiger partial charge on any atom is -0.491 e. The number of hydrogen-bond donors (Lipinski definition) is 2. The van der Waals surface area contributed by atoms with Crippen LogP contribution < -0.4 is 10.5 Å². The average molecular weight is 199 g/mol. The van der Waals surface area contributed by atoms with Gasteiger partial charge in [-0.25, -0.2) is 4.39 Å². The third kappa shape index (κ3) is 2.43. The van der Waals surface area contributed by atoms with Crippen LogP contribution in [0.4, 0.5) is 4.39 Å². The van der Waals surface area contributed by atoms with E-state index in [2.05, 4.69) is 0 Å². The maximum atomic E-state index is 12.9. The van der Waals surface area contributed by atoms with Crippen LogP contribution in [-0.4, -0.2) is 24.2 Å². The molecule has 1 rings (SSSR count). The Labute approximate surface area is 80.1 Å². The van der Waals surface area contributed by atoms with Crippen molar-refractivity contribution in [2.24, 2.45) is 5.73 Å². The van der Waals surface area contributed by atoms with Gasteiger partial charge in [-0.15, -0.1) is 0 Å². The number of hydrogen-bond acceptors (Lipinski definition) is 3. The molecule has 4 nitrogen and oxygen atoms in total. The molecule has 0 aliphatic carbocycles. The van der Waals surface area contributed by atoms with Crippen molar-refractivity contribution >= 4 is 5.91 Å². The van der Waals surface area contributed by atoms with Gasteiger partial charge in [0.1, 0.15) is 18.2 Å². The summed E-state index contributed by atoms with van der Waals surface area (Å²) in [4.78, 5) is 10.7. The first-order valence-electron chi connectivity index (χ1n) is 3.98. The zero-order valence-electron chi connectivity index (χ0n) is 7.37. The van der Waals surface area contributed by atoms with Crippen molar-refractivity contribution in [1.29, 1.82) is 0 Å². The fourth-order valence-corrected chi connectivity index (χ4v) is 0.946. The standard InChI is InChI=1S/C9H10FNO3/c10-8-2-1-6(14-4-3-12)5-7(8)9(11)13/h1-2,5,12H,3-4H2,(H2,11,13). The predicted octanol–water partition coefficient (Wildman–Crippen LogP) is 0.296. The molecule has 0 saturated heterocycles. The molecule has 0 fully saturated rings. The lowest BCUT2D eigenvalue weighted by atomic mass is 10.2. The summed E-state index contributed by atoms with van der Waals surface area (Å²) in [5.41, 5.74) is 4.71. The van der Waals surface area contributed by atoms with Crippen LogP contribution in [0.5, 0.6) is 5.75 Å². The second-order valence-electron chi connectivity index (χ2n) is 2.58. The van der Waals surface area contributed by atoms with E-state index in [1.807, 2.05) is 0 Å². The van der Waals surface area contributed by atoms with E-state index >= 15 is 0 Å². The SMILES string of the molecule is NC(=O)c1cc(OCCO)ccc1F. The minimum atomic E-state index is -0.850. The fourth-order valence-electron chi connectivity index (χ4n) is 0.946. The van der Waals surface area contributed by atoms with E-state index in [1.54, 1.807) is 0 Å². The highest BCUT2D eigenvalue weighted by atomic mass is 19.1. The van der Waals surface area contributed by atoms with Gasteiger partial charge >= 0.3 is 0 Å². The van der Waals surface area contributed by atoms with Crippen molar-refractivity contribution in [3.8, 4) is 5.75 Å². The van der Waals surface area contributed by atoms with Crippen molar-refractivity contribution in [2.45, 2.75) is 0 Å². The molecule has 0 aromatic heterocycles. The molecular weight excluding hydrogens is 189 g/mol. The van der Waals surface area contributed by atoms with Crippen LogP contribution in [0, 0.1) is 5.82 Å². The molecule has 14 heavy (non-hydrogen) atoms. The molecule has 3 N–H and O–H groups in total. The number of primary amides is 1. The summed E-state index contributed by atoms with van der Waals surface area (Å²) in [6.07, 6.45) is 0. The number of nitrogens with two attached hydrogens (primary N) is 1. The zero-order valence-corrected chi connectivity index (χ0v) is 7.37. The summed E-state index contributed by atoms with van der Waals surface area (Å²) < 4.78 is 17.9. The Balaban J connectivity index is 2.89. The molecule has 0 aliphatic heterocycles. The van der Waals surface area contributed by atoms with Gasteiger partial charge in [0.15, 0.2) is 0 Å². The molecule has 5 heteroatoms. The van der Waals surface area contributed by atoms with Gasteiger partial charge < -0.3 is 15.6 Å². The number of halogens is 1. The fraction of sp³-hybridized carbons (Fsp3) is 0.222. The monoisotopic (exact) mass is 199 g/mol. The molecule has 1 amide bonds. The minimum absolute atomic E-state index is 0.0871. The van der Waals surface area contributed by atoms with Gasteiger partial charge in [-0.2, -0.15) is 0 Å². The molecular formula is C9H10FNO3. The maximum Gasteiger partial charge on any atom is 0.251 e. The highest BCUT2D eigenvalue weighted by Gasteiger charge is 2.09. The van der Waals surface area contributed by atoms with Crippen LogP contribution in [0.25, 0.3) is 0 Å². The van der Waals surface area contributed by atoms with E-state index in [9.17, 15) is 9.18 Å². The molecule has 1 aromatic rings. The van der Waals surface area contributed by atoms with Crippen LogP contribution in [-0.2, 0) is 0 Å². The Morgan fingerprint density at radius 2 is 2.29 bits per heavy atom. The summed E-state index contributed by atoms with van der Waals surface area (Å²) in [5.74, 6) is -1.24. The first-order chi connectivity index (χ1) is 6.65. The Morgan fingerprint density at radius 3 is 2.86 bits per heavy atom. The zero-order chi connectivity index (χ0) is 10.6. The summed E-state index contributed by atoms with van der Waals surface area (Å²) in [5, 5.41) is 8.47. The normalized spacial score (nSPS) is 9.86. The molecule has 0 unspecified atom stereocenters. The lowest BCUT2D eigenvalue weighted by Crippen LogP contribution is -2.13. The number of amides is 1. The number of aliphatic hydroxyl groups is 1. The number of ether oxygens (including phenoxy) is 1. The van der Waals surface area contributed by atoms with E-state index in [1.165, 1.54) is 12.1 Å². The van der Waals surface area contributed by atoms with Crippen molar-refractivity contribution in [1.82, 2.24) is 0 Å². The number of aliphatic hydroxyl groups excluding tert-OH is 1. The van der Waals surface area contributed by atoms with Gasteiger partial charge in [0.25, 0.3) is 5.91 Å². The Kier molecular flexibility index (Phi) is 3.41. The lowest BCUT2D eigenvalue weighted by molar-refractivity contribution is 0.0996. The third-order valence-corrected chi connectivity index (χ3v) is 1.56. The number of benzene rings is 1. The molecule has 76 valence electrons. The number of carbonyl (C=O) groups is 1. The largest absolute Gasteiger partial charge is 0.491 e. The first-order valence-corrected chi connectivity index (χ1v) is 3.98. The van der Waals surface area contributed by atoms with Gasteiger partial charge in [-0.3, -0.25) is 4.79 Å². The van der Waals surface area contributed by atoms with Crippen LogP contribution in [0.1, 0.15) is 10.4 Å². The second kappa shape index (κ2) is 4.57.